The van der Waals surface area contributed by atoms with Gasteiger partial charge in [-0.2, -0.15) is 0 Å². The van der Waals surface area contributed by atoms with Crippen LogP contribution in [0.25, 0.3) is 0 Å². The monoisotopic (exact) mass is 263 g/mol. The van der Waals surface area contributed by atoms with E-state index in [1.807, 2.05) is 11.3 Å². The largest absolute Gasteiger partial charge is 0.345 e. The molecule has 4 heteroatoms. The Labute approximate surface area is 112 Å². The van der Waals surface area contributed by atoms with Gasteiger partial charge in [0.1, 0.15) is 0 Å². The molecule has 4 rings (SSSR count). The number of anilines is 1. The molecule has 0 bridgehead atoms. The van der Waals surface area contributed by atoms with E-state index in [-0.39, 0.29) is 6.04 Å². The van der Waals surface area contributed by atoms with Crippen molar-refractivity contribution in [2.45, 2.75) is 57.0 Å². The number of hydrogen-bond donors (Lipinski definition) is 1. The quantitative estimate of drug-likeness (QED) is 0.908. The van der Waals surface area contributed by atoms with E-state index in [0.717, 1.165) is 18.4 Å². The van der Waals surface area contributed by atoms with E-state index in [2.05, 4.69) is 4.90 Å². The van der Waals surface area contributed by atoms with Gasteiger partial charge in [-0.1, -0.05) is 0 Å². The third-order valence-electron chi connectivity index (χ3n) is 4.37. The van der Waals surface area contributed by atoms with Gasteiger partial charge in [0.15, 0.2) is 5.13 Å². The standard InChI is InChI=1S/C14H21N3S/c15-11-2-1-3-12-13(11)16-14(18-12)17(10-6-7-10)8-9-4-5-9/h9-11H,1-8,15H2. The summed E-state index contributed by atoms with van der Waals surface area (Å²) in [6.07, 6.45) is 9.13. The molecule has 0 aliphatic heterocycles. The topological polar surface area (TPSA) is 42.1 Å². The van der Waals surface area contributed by atoms with Crippen molar-refractivity contribution in [1.82, 2.24) is 4.98 Å². The zero-order valence-corrected chi connectivity index (χ0v) is 11.6. The van der Waals surface area contributed by atoms with Gasteiger partial charge in [0.05, 0.1) is 5.69 Å². The summed E-state index contributed by atoms with van der Waals surface area (Å²) in [5.74, 6) is 0.945. The predicted octanol–water partition coefficient (Wildman–Crippen LogP) is 2.86. The fourth-order valence-corrected chi connectivity index (χ4v) is 4.16. The summed E-state index contributed by atoms with van der Waals surface area (Å²) in [5.41, 5.74) is 7.40. The zero-order chi connectivity index (χ0) is 12.1. The zero-order valence-electron chi connectivity index (χ0n) is 10.8. The second-order valence-corrected chi connectivity index (χ2v) is 7.19. The Balaban J connectivity index is 1.61. The van der Waals surface area contributed by atoms with Crippen molar-refractivity contribution in [3.63, 3.8) is 0 Å². The molecule has 1 aromatic heterocycles. The highest BCUT2D eigenvalue weighted by atomic mass is 32.1. The van der Waals surface area contributed by atoms with E-state index in [9.17, 15) is 0 Å². The second kappa shape index (κ2) is 4.20. The number of nitrogens with two attached hydrogens (primary N) is 1. The Morgan fingerprint density at radius 3 is 2.72 bits per heavy atom. The van der Waals surface area contributed by atoms with Crippen LogP contribution in [0.4, 0.5) is 5.13 Å². The lowest BCUT2D eigenvalue weighted by Crippen LogP contribution is -2.28. The molecular weight excluding hydrogens is 242 g/mol. The van der Waals surface area contributed by atoms with Crippen LogP contribution in [0.15, 0.2) is 0 Å². The molecule has 2 fully saturated rings. The van der Waals surface area contributed by atoms with Crippen LogP contribution < -0.4 is 10.6 Å². The van der Waals surface area contributed by atoms with E-state index < -0.39 is 0 Å². The van der Waals surface area contributed by atoms with Crippen molar-refractivity contribution in [2.24, 2.45) is 11.7 Å². The van der Waals surface area contributed by atoms with E-state index in [0.29, 0.717) is 0 Å². The Hall–Kier alpha value is -0.610. The van der Waals surface area contributed by atoms with Gasteiger partial charge < -0.3 is 10.6 Å². The molecule has 2 saturated carbocycles. The highest BCUT2D eigenvalue weighted by molar-refractivity contribution is 7.15. The summed E-state index contributed by atoms with van der Waals surface area (Å²) in [6.45, 7) is 1.24. The number of thiazole rings is 1. The molecule has 0 radical (unpaired) electrons. The summed E-state index contributed by atoms with van der Waals surface area (Å²) in [4.78, 5) is 8.95. The fourth-order valence-electron chi connectivity index (χ4n) is 2.91. The first-order chi connectivity index (χ1) is 8.81. The van der Waals surface area contributed by atoms with Crippen molar-refractivity contribution in [1.29, 1.82) is 0 Å². The minimum atomic E-state index is 0.195. The molecule has 0 spiro atoms. The molecule has 0 amide bonds. The minimum absolute atomic E-state index is 0.195. The van der Waals surface area contributed by atoms with Crippen molar-refractivity contribution in [2.75, 3.05) is 11.4 Å². The van der Waals surface area contributed by atoms with Crippen molar-refractivity contribution < 1.29 is 0 Å². The molecule has 98 valence electrons. The van der Waals surface area contributed by atoms with Gasteiger partial charge in [0.25, 0.3) is 0 Å². The van der Waals surface area contributed by atoms with Crippen LogP contribution in [0.5, 0.6) is 0 Å². The first-order valence-electron chi connectivity index (χ1n) is 7.33. The van der Waals surface area contributed by atoms with E-state index in [1.165, 1.54) is 60.8 Å². The summed E-state index contributed by atoms with van der Waals surface area (Å²) < 4.78 is 0. The normalized spacial score (nSPS) is 27.1. The molecule has 1 unspecified atom stereocenters. The van der Waals surface area contributed by atoms with Gasteiger partial charge in [-0.05, 0) is 50.9 Å². The first kappa shape index (κ1) is 11.2. The van der Waals surface area contributed by atoms with Gasteiger partial charge in [-0.3, -0.25) is 0 Å². The second-order valence-electron chi connectivity index (χ2n) is 6.13. The minimum Gasteiger partial charge on any atom is -0.345 e. The van der Waals surface area contributed by atoms with Gasteiger partial charge in [0, 0.05) is 23.5 Å². The van der Waals surface area contributed by atoms with Crippen LogP contribution in [-0.2, 0) is 6.42 Å². The van der Waals surface area contributed by atoms with Gasteiger partial charge in [-0.25, -0.2) is 4.98 Å². The average molecular weight is 263 g/mol. The molecule has 1 aromatic rings. The van der Waals surface area contributed by atoms with Crippen LogP contribution in [0.3, 0.4) is 0 Å². The van der Waals surface area contributed by atoms with E-state index in [4.69, 9.17) is 10.7 Å². The Morgan fingerprint density at radius 1 is 1.22 bits per heavy atom. The maximum Gasteiger partial charge on any atom is 0.186 e. The Morgan fingerprint density at radius 2 is 2.06 bits per heavy atom. The molecule has 3 aliphatic carbocycles. The average Bonchev–Trinajstić information content (AvgIpc) is 3.25. The predicted molar refractivity (Wildman–Crippen MR) is 75.1 cm³/mol. The highest BCUT2D eigenvalue weighted by Crippen LogP contribution is 2.42. The van der Waals surface area contributed by atoms with Crippen LogP contribution in [0.2, 0.25) is 0 Å². The van der Waals surface area contributed by atoms with Crippen molar-refractivity contribution in [3.8, 4) is 0 Å². The van der Waals surface area contributed by atoms with E-state index >= 15 is 0 Å². The Kier molecular flexibility index (Phi) is 2.62. The molecule has 0 aromatic carbocycles. The number of nitrogens with zero attached hydrogens (tertiary/aromatic N) is 2. The van der Waals surface area contributed by atoms with Crippen LogP contribution >= 0.6 is 11.3 Å². The fraction of sp³-hybridized carbons (Fsp3) is 0.786. The number of aryl methyl sites for hydroxylation is 1. The maximum atomic E-state index is 6.19. The highest BCUT2D eigenvalue weighted by Gasteiger charge is 2.36. The third-order valence-corrected chi connectivity index (χ3v) is 5.54. The molecule has 3 aliphatic rings. The van der Waals surface area contributed by atoms with Crippen LogP contribution in [-0.4, -0.2) is 17.6 Å². The maximum absolute atomic E-state index is 6.19. The van der Waals surface area contributed by atoms with Gasteiger partial charge >= 0.3 is 0 Å². The molecular formula is C14H21N3S. The van der Waals surface area contributed by atoms with E-state index in [1.54, 1.807) is 0 Å². The van der Waals surface area contributed by atoms with Gasteiger partial charge in [0.2, 0.25) is 0 Å². The van der Waals surface area contributed by atoms with Crippen molar-refractivity contribution in [3.05, 3.63) is 10.6 Å². The SMILES string of the molecule is NC1CCCc2sc(N(CC3CC3)C3CC3)nc21. The first-order valence-corrected chi connectivity index (χ1v) is 8.15. The lowest BCUT2D eigenvalue weighted by molar-refractivity contribution is 0.563. The molecule has 1 heterocycles. The lowest BCUT2D eigenvalue weighted by atomic mass is 9.99. The number of fused-ring (bicyclic) bond motifs is 1. The molecule has 0 saturated heterocycles. The molecule has 2 N–H and O–H groups in total. The lowest BCUT2D eigenvalue weighted by Gasteiger charge is -2.21. The van der Waals surface area contributed by atoms with Crippen molar-refractivity contribution >= 4 is 16.5 Å². The molecule has 1 atom stereocenters. The van der Waals surface area contributed by atoms with Crippen LogP contribution in [0, 0.1) is 5.92 Å². The summed E-state index contributed by atoms with van der Waals surface area (Å²) in [6, 6.07) is 0.982. The Bertz CT molecular complexity index is 448. The molecule has 3 nitrogen and oxygen atoms in total. The summed E-state index contributed by atoms with van der Waals surface area (Å²) in [5, 5.41) is 1.27. The number of hydrogen-bond acceptors (Lipinski definition) is 4. The van der Waals surface area contributed by atoms with Crippen LogP contribution in [0.1, 0.15) is 55.1 Å². The third kappa shape index (κ3) is 2.05. The smallest absolute Gasteiger partial charge is 0.186 e. The number of aromatic nitrogens is 1. The van der Waals surface area contributed by atoms with Gasteiger partial charge in [-0.15, -0.1) is 11.3 Å². The summed E-state index contributed by atoms with van der Waals surface area (Å²) in [7, 11) is 0. The number of rotatable bonds is 4. The molecule has 18 heavy (non-hydrogen) atoms. The summed E-state index contributed by atoms with van der Waals surface area (Å²) >= 11 is 1.92.